The Morgan fingerprint density at radius 2 is 1.76 bits per heavy atom. The van der Waals surface area contributed by atoms with Crippen LogP contribution in [0.3, 0.4) is 0 Å². The fraction of sp³-hybridized carbons (Fsp3) is 0.167. The van der Waals surface area contributed by atoms with Gasteiger partial charge in [-0.25, -0.2) is 0 Å². The van der Waals surface area contributed by atoms with E-state index in [0.717, 1.165) is 5.56 Å². The van der Waals surface area contributed by atoms with Gasteiger partial charge in [0.25, 0.3) is 5.56 Å². The predicted octanol–water partition coefficient (Wildman–Crippen LogP) is 4.70. The lowest BCUT2D eigenvalue weighted by molar-refractivity contribution is 0.175. The molecule has 1 N–H and O–H groups in total. The van der Waals surface area contributed by atoms with Crippen molar-refractivity contribution in [1.82, 2.24) is 4.57 Å². The number of hydrogen-bond acceptors (Lipinski definition) is 4. The lowest BCUT2D eigenvalue weighted by atomic mass is 9.98. The van der Waals surface area contributed by atoms with Crippen LogP contribution in [-0.2, 0) is 11.3 Å². The van der Waals surface area contributed by atoms with Crippen molar-refractivity contribution in [1.29, 1.82) is 0 Å². The van der Waals surface area contributed by atoms with Crippen LogP contribution >= 0.6 is 0 Å². The molecule has 3 aromatic rings. The zero-order valence-corrected chi connectivity index (χ0v) is 16.6. The molecule has 0 radical (unpaired) electrons. The highest BCUT2D eigenvalue weighted by Gasteiger charge is 2.24. The van der Waals surface area contributed by atoms with Crippen molar-refractivity contribution in [2.24, 2.45) is 5.16 Å². The van der Waals surface area contributed by atoms with Gasteiger partial charge in [0.1, 0.15) is 17.9 Å². The van der Waals surface area contributed by atoms with E-state index in [1.807, 2.05) is 67.6 Å². The summed E-state index contributed by atoms with van der Waals surface area (Å²) in [5, 5.41) is 15.0. The second-order valence-electron chi connectivity index (χ2n) is 6.51. The molecule has 3 rings (SSSR count). The summed E-state index contributed by atoms with van der Waals surface area (Å²) in [6, 6.07) is 19.0. The molecule has 0 saturated carbocycles. The molecule has 1 heterocycles. The molecule has 0 aliphatic heterocycles. The van der Waals surface area contributed by atoms with Gasteiger partial charge in [-0.15, -0.1) is 0 Å². The fourth-order valence-corrected chi connectivity index (χ4v) is 3.33. The zero-order valence-electron chi connectivity index (χ0n) is 16.6. The van der Waals surface area contributed by atoms with E-state index in [1.165, 1.54) is 0 Å². The monoisotopic (exact) mass is 388 g/mol. The number of aromatic hydroxyl groups is 1. The summed E-state index contributed by atoms with van der Waals surface area (Å²) in [4.78, 5) is 18.7. The molecule has 2 aromatic carbocycles. The molecule has 29 heavy (non-hydrogen) atoms. The van der Waals surface area contributed by atoms with Gasteiger partial charge in [0.15, 0.2) is 0 Å². The number of benzene rings is 2. The van der Waals surface area contributed by atoms with Gasteiger partial charge in [-0.1, -0.05) is 73.3 Å². The molecule has 0 unspecified atom stereocenters. The van der Waals surface area contributed by atoms with Crippen molar-refractivity contribution >= 4 is 5.71 Å². The molecule has 0 amide bonds. The summed E-state index contributed by atoms with van der Waals surface area (Å²) in [7, 11) is 0. The van der Waals surface area contributed by atoms with E-state index in [-0.39, 0.29) is 23.5 Å². The van der Waals surface area contributed by atoms with Crippen molar-refractivity contribution in [2.45, 2.75) is 20.3 Å². The second kappa shape index (κ2) is 9.06. The maximum Gasteiger partial charge on any atom is 0.268 e. The smallest absolute Gasteiger partial charge is 0.268 e. The van der Waals surface area contributed by atoms with Gasteiger partial charge in [0.05, 0.1) is 11.4 Å². The molecule has 0 bridgehead atoms. The van der Waals surface area contributed by atoms with Crippen molar-refractivity contribution in [3.05, 3.63) is 94.8 Å². The van der Waals surface area contributed by atoms with E-state index in [0.29, 0.717) is 29.1 Å². The fourth-order valence-electron chi connectivity index (χ4n) is 3.33. The average Bonchev–Trinajstić information content (AvgIpc) is 2.75. The maximum atomic E-state index is 13.6. The SMILES string of the molecule is C=CCON=C(C)c1c(O)c(CC)c(-c2ccccc2)n(-c2ccccc2)c1=O. The summed E-state index contributed by atoms with van der Waals surface area (Å²) < 4.78 is 1.63. The Labute approximate surface area is 170 Å². The van der Waals surface area contributed by atoms with Crippen LogP contribution in [-0.4, -0.2) is 22.0 Å². The zero-order chi connectivity index (χ0) is 20.8. The van der Waals surface area contributed by atoms with Crippen LogP contribution in [0.2, 0.25) is 0 Å². The third kappa shape index (κ3) is 3.99. The van der Waals surface area contributed by atoms with Crippen molar-refractivity contribution < 1.29 is 9.94 Å². The molecule has 0 spiro atoms. The van der Waals surface area contributed by atoms with Crippen LogP contribution in [0.5, 0.6) is 5.75 Å². The van der Waals surface area contributed by atoms with Crippen molar-refractivity contribution in [3.8, 4) is 22.7 Å². The predicted molar refractivity (Wildman–Crippen MR) is 117 cm³/mol. The van der Waals surface area contributed by atoms with Crippen LogP contribution in [0.4, 0.5) is 0 Å². The largest absolute Gasteiger partial charge is 0.507 e. The van der Waals surface area contributed by atoms with Gasteiger partial charge in [-0.3, -0.25) is 9.36 Å². The highest BCUT2D eigenvalue weighted by molar-refractivity contribution is 6.01. The number of pyridine rings is 1. The number of nitrogens with zero attached hydrogens (tertiary/aromatic N) is 2. The molecule has 0 aliphatic rings. The highest BCUT2D eigenvalue weighted by atomic mass is 16.6. The van der Waals surface area contributed by atoms with Gasteiger partial charge < -0.3 is 9.94 Å². The lowest BCUT2D eigenvalue weighted by Gasteiger charge is -2.20. The van der Waals surface area contributed by atoms with Crippen LogP contribution in [0, 0.1) is 0 Å². The first-order chi connectivity index (χ1) is 14.1. The van der Waals surface area contributed by atoms with E-state index in [4.69, 9.17) is 4.84 Å². The van der Waals surface area contributed by atoms with Crippen LogP contribution in [0.25, 0.3) is 16.9 Å². The third-order valence-corrected chi connectivity index (χ3v) is 4.62. The highest BCUT2D eigenvalue weighted by Crippen LogP contribution is 2.33. The van der Waals surface area contributed by atoms with Gasteiger partial charge in [0.2, 0.25) is 0 Å². The molecule has 5 heteroatoms. The van der Waals surface area contributed by atoms with Crippen molar-refractivity contribution in [2.75, 3.05) is 6.61 Å². The summed E-state index contributed by atoms with van der Waals surface area (Å²) in [6.45, 7) is 7.40. The molecule has 0 aliphatic carbocycles. The van der Waals surface area contributed by atoms with Crippen LogP contribution in [0.1, 0.15) is 25.0 Å². The molecular formula is C24H24N2O3. The van der Waals surface area contributed by atoms with Gasteiger partial charge in [-0.2, -0.15) is 0 Å². The normalized spacial score (nSPS) is 11.3. The summed E-state index contributed by atoms with van der Waals surface area (Å²) >= 11 is 0. The Hall–Kier alpha value is -3.60. The molecule has 5 nitrogen and oxygen atoms in total. The minimum atomic E-state index is -0.354. The Morgan fingerprint density at radius 3 is 2.34 bits per heavy atom. The van der Waals surface area contributed by atoms with Gasteiger partial charge in [-0.05, 0) is 31.0 Å². The topological polar surface area (TPSA) is 63.8 Å². The van der Waals surface area contributed by atoms with Gasteiger partial charge >= 0.3 is 0 Å². The standard InChI is InChI=1S/C24H24N2O3/c1-4-16-29-25-17(3)21-23(27)20(5-2)22(18-12-8-6-9-13-18)26(24(21)28)19-14-10-7-11-15-19/h4,6-15,27H,1,5,16H2,2-3H3. The van der Waals surface area contributed by atoms with E-state index >= 15 is 0 Å². The quantitative estimate of drug-likeness (QED) is 0.276. The molecule has 148 valence electrons. The lowest BCUT2D eigenvalue weighted by Crippen LogP contribution is -2.28. The molecular weight excluding hydrogens is 364 g/mol. The summed E-state index contributed by atoms with van der Waals surface area (Å²) in [5.74, 6) is -0.0630. The van der Waals surface area contributed by atoms with Crippen molar-refractivity contribution in [3.63, 3.8) is 0 Å². The molecule has 0 fully saturated rings. The van der Waals surface area contributed by atoms with Gasteiger partial charge in [0, 0.05) is 11.3 Å². The first kappa shape index (κ1) is 20.1. The molecule has 1 aromatic heterocycles. The first-order valence-electron chi connectivity index (χ1n) is 9.49. The number of hydrogen-bond donors (Lipinski definition) is 1. The average molecular weight is 388 g/mol. The van der Waals surface area contributed by atoms with E-state index in [2.05, 4.69) is 11.7 Å². The Balaban J connectivity index is 2.40. The van der Waals surface area contributed by atoms with Crippen LogP contribution in [0.15, 0.2) is 83.3 Å². The third-order valence-electron chi connectivity index (χ3n) is 4.62. The van der Waals surface area contributed by atoms with E-state index < -0.39 is 0 Å². The minimum Gasteiger partial charge on any atom is -0.507 e. The summed E-state index contributed by atoms with van der Waals surface area (Å²) in [5.41, 5.74) is 3.01. The molecule has 0 saturated heterocycles. The minimum absolute atomic E-state index is 0.0630. The number of rotatable bonds is 7. The van der Waals surface area contributed by atoms with E-state index in [9.17, 15) is 9.90 Å². The van der Waals surface area contributed by atoms with E-state index in [1.54, 1.807) is 17.6 Å². The maximum absolute atomic E-state index is 13.6. The Bertz CT molecular complexity index is 1080. The second-order valence-corrected chi connectivity index (χ2v) is 6.51. The number of aromatic nitrogens is 1. The summed E-state index contributed by atoms with van der Waals surface area (Å²) in [6.07, 6.45) is 2.10. The van der Waals surface area contributed by atoms with Crippen LogP contribution < -0.4 is 5.56 Å². The Morgan fingerprint density at radius 1 is 1.14 bits per heavy atom. The Kier molecular flexibility index (Phi) is 6.29. The number of para-hydroxylation sites is 1. The molecule has 0 atom stereocenters. The first-order valence-corrected chi connectivity index (χ1v) is 9.49. The number of oxime groups is 1.